The number of carbonyl (C=O) groups excluding carboxylic acids is 1. The van der Waals surface area contributed by atoms with Crippen LogP contribution >= 0.6 is 11.8 Å². The molecular weight excluding hydrogens is 210 g/mol. The molecule has 0 aliphatic rings. The molecule has 1 amide bonds. The van der Waals surface area contributed by atoms with Crippen molar-refractivity contribution in [2.45, 2.75) is 6.42 Å². The van der Waals surface area contributed by atoms with Gasteiger partial charge in [0.15, 0.2) is 0 Å². The number of hydrogen-bond donors (Lipinski definition) is 1. The molecule has 5 heteroatoms. The third-order valence-corrected chi connectivity index (χ3v) is 2.86. The van der Waals surface area contributed by atoms with Gasteiger partial charge in [-0.1, -0.05) is 6.58 Å². The molecule has 0 aliphatic heterocycles. The van der Waals surface area contributed by atoms with E-state index in [1.807, 2.05) is 0 Å². The van der Waals surface area contributed by atoms with Gasteiger partial charge in [0.2, 0.25) is 5.91 Å². The van der Waals surface area contributed by atoms with Gasteiger partial charge in [-0.3, -0.25) is 4.79 Å². The number of hydrogen-bond acceptors (Lipinski definition) is 3. The Labute approximate surface area is 95.5 Å². The highest BCUT2D eigenvalue weighted by atomic mass is 32.2. The molecular formula is C10H18N3OS+. The average molecular weight is 228 g/mol. The number of thioether (sulfide) groups is 1. The van der Waals surface area contributed by atoms with Crippen LogP contribution in [-0.4, -0.2) is 43.5 Å². The largest absolute Gasteiger partial charge is 0.352 e. The molecule has 0 spiro atoms. The number of carbonyl (C=O) groups is 1. The molecule has 0 atom stereocenters. The first-order valence-electron chi connectivity index (χ1n) is 4.75. The van der Waals surface area contributed by atoms with Gasteiger partial charge in [-0.2, -0.15) is 5.26 Å². The lowest BCUT2D eigenvalue weighted by Crippen LogP contribution is -2.41. The monoisotopic (exact) mass is 228 g/mol. The van der Waals surface area contributed by atoms with Crippen LogP contribution in [0.1, 0.15) is 6.42 Å². The second-order valence-electron chi connectivity index (χ2n) is 3.87. The lowest BCUT2D eigenvalue weighted by Gasteiger charge is -2.28. The lowest BCUT2D eigenvalue weighted by molar-refractivity contribution is -0.877. The molecule has 0 aromatic heterocycles. The number of nitrogens with one attached hydrogen (secondary N) is 1. The number of thiocyanates is 1. The summed E-state index contributed by atoms with van der Waals surface area (Å²) in [6.45, 7) is 4.97. The second kappa shape index (κ2) is 7.32. The molecule has 84 valence electrons. The van der Waals surface area contributed by atoms with Gasteiger partial charge in [0.1, 0.15) is 11.3 Å². The second-order valence-corrected chi connectivity index (χ2v) is 4.60. The van der Waals surface area contributed by atoms with Crippen molar-refractivity contribution >= 4 is 17.7 Å². The van der Waals surface area contributed by atoms with Crippen LogP contribution in [0.5, 0.6) is 0 Å². The molecule has 0 unspecified atom stereocenters. The number of quaternary nitrogens is 1. The van der Waals surface area contributed by atoms with E-state index in [-0.39, 0.29) is 5.91 Å². The van der Waals surface area contributed by atoms with Gasteiger partial charge in [0.25, 0.3) is 0 Å². The SMILES string of the molecule is C=CC(=O)NCCC[N+](C)(C)CSC#N. The summed E-state index contributed by atoms with van der Waals surface area (Å²) in [6.07, 6.45) is 2.17. The molecule has 4 nitrogen and oxygen atoms in total. The van der Waals surface area contributed by atoms with Crippen LogP contribution < -0.4 is 5.32 Å². The number of nitrogens with zero attached hydrogens (tertiary/aromatic N) is 2. The number of nitriles is 1. The zero-order valence-corrected chi connectivity index (χ0v) is 10.1. The first-order valence-corrected chi connectivity index (χ1v) is 5.73. The van der Waals surface area contributed by atoms with Crippen LogP contribution in [0.15, 0.2) is 12.7 Å². The first kappa shape index (κ1) is 14.0. The average Bonchev–Trinajstić information content (AvgIpc) is 2.21. The standard InChI is InChI=1S/C10H17N3OS/c1-4-10(14)12-6-5-7-13(2,3)9-15-8-11/h4H,1,5-7,9H2,2-3H3/p+1. The first-order chi connectivity index (χ1) is 7.02. The molecule has 0 saturated carbocycles. The minimum absolute atomic E-state index is 0.133. The maximum absolute atomic E-state index is 10.8. The summed E-state index contributed by atoms with van der Waals surface area (Å²) in [5.74, 6) is 0.637. The highest BCUT2D eigenvalue weighted by Crippen LogP contribution is 2.07. The summed E-state index contributed by atoms with van der Waals surface area (Å²) in [5.41, 5.74) is 0. The highest BCUT2D eigenvalue weighted by Gasteiger charge is 2.14. The molecule has 1 N–H and O–H groups in total. The van der Waals surface area contributed by atoms with Crippen molar-refractivity contribution < 1.29 is 9.28 Å². The Morgan fingerprint density at radius 1 is 1.67 bits per heavy atom. The molecule has 0 saturated heterocycles. The van der Waals surface area contributed by atoms with Crippen molar-refractivity contribution in [2.24, 2.45) is 0 Å². The molecule has 0 aromatic carbocycles. The molecule has 0 bridgehead atoms. The van der Waals surface area contributed by atoms with E-state index < -0.39 is 0 Å². The predicted octanol–water partition coefficient (Wildman–Crippen LogP) is 0.927. The molecule has 0 heterocycles. The van der Waals surface area contributed by atoms with E-state index in [1.54, 1.807) is 0 Å². The quantitative estimate of drug-likeness (QED) is 0.232. The fourth-order valence-corrected chi connectivity index (χ4v) is 1.60. The molecule has 0 rings (SSSR count). The van der Waals surface area contributed by atoms with E-state index in [0.717, 1.165) is 23.3 Å². The Kier molecular flexibility index (Phi) is 6.84. The maximum Gasteiger partial charge on any atom is 0.243 e. The predicted molar refractivity (Wildman–Crippen MR) is 62.9 cm³/mol. The van der Waals surface area contributed by atoms with Crippen LogP contribution in [0.2, 0.25) is 0 Å². The van der Waals surface area contributed by atoms with E-state index in [4.69, 9.17) is 5.26 Å². The van der Waals surface area contributed by atoms with Gasteiger partial charge >= 0.3 is 0 Å². The molecule has 15 heavy (non-hydrogen) atoms. The molecule has 0 radical (unpaired) electrons. The Bertz CT molecular complexity index is 258. The zero-order valence-electron chi connectivity index (χ0n) is 9.32. The summed E-state index contributed by atoms with van der Waals surface area (Å²) in [5, 5.41) is 13.2. The lowest BCUT2D eigenvalue weighted by atomic mass is 10.3. The normalized spacial score (nSPS) is 10.5. The third kappa shape index (κ3) is 8.03. The third-order valence-electron chi connectivity index (χ3n) is 1.90. The summed E-state index contributed by atoms with van der Waals surface area (Å²) in [4.78, 5) is 10.8. The van der Waals surface area contributed by atoms with Gasteiger partial charge in [-0.15, -0.1) is 0 Å². The summed E-state index contributed by atoms with van der Waals surface area (Å²) in [6, 6.07) is 0. The van der Waals surface area contributed by atoms with Crippen molar-refractivity contribution in [1.29, 1.82) is 5.26 Å². The fraction of sp³-hybridized carbons (Fsp3) is 0.600. The maximum atomic E-state index is 10.8. The van der Waals surface area contributed by atoms with Crippen LogP contribution in [-0.2, 0) is 4.79 Å². The van der Waals surface area contributed by atoms with Crippen molar-refractivity contribution in [2.75, 3.05) is 33.1 Å². The summed E-state index contributed by atoms with van der Waals surface area (Å²) >= 11 is 1.26. The van der Waals surface area contributed by atoms with Crippen LogP contribution in [0.25, 0.3) is 0 Å². The van der Waals surface area contributed by atoms with Crippen LogP contribution in [0, 0.1) is 10.7 Å². The zero-order chi connectivity index (χ0) is 11.7. The van der Waals surface area contributed by atoms with E-state index in [2.05, 4.69) is 31.4 Å². The highest BCUT2D eigenvalue weighted by molar-refractivity contribution is 8.03. The summed E-state index contributed by atoms with van der Waals surface area (Å²) in [7, 11) is 4.14. The number of rotatable bonds is 7. The van der Waals surface area contributed by atoms with E-state index in [0.29, 0.717) is 6.54 Å². The van der Waals surface area contributed by atoms with E-state index >= 15 is 0 Å². The topological polar surface area (TPSA) is 52.9 Å². The Morgan fingerprint density at radius 2 is 2.33 bits per heavy atom. The van der Waals surface area contributed by atoms with Gasteiger partial charge in [0.05, 0.1) is 20.6 Å². The Morgan fingerprint density at radius 3 is 2.87 bits per heavy atom. The fourth-order valence-electron chi connectivity index (χ4n) is 1.06. The van der Waals surface area contributed by atoms with E-state index in [9.17, 15) is 4.79 Å². The van der Waals surface area contributed by atoms with Crippen LogP contribution in [0.3, 0.4) is 0 Å². The molecule has 0 aliphatic carbocycles. The van der Waals surface area contributed by atoms with Gasteiger partial charge in [-0.05, 0) is 6.08 Å². The van der Waals surface area contributed by atoms with Crippen molar-refractivity contribution in [1.82, 2.24) is 5.32 Å². The summed E-state index contributed by atoms with van der Waals surface area (Å²) < 4.78 is 0.780. The molecule has 0 fully saturated rings. The number of amides is 1. The van der Waals surface area contributed by atoms with Gasteiger partial charge in [0, 0.05) is 24.7 Å². The smallest absolute Gasteiger partial charge is 0.243 e. The minimum atomic E-state index is -0.133. The van der Waals surface area contributed by atoms with Crippen molar-refractivity contribution in [3.8, 4) is 5.40 Å². The Hall–Kier alpha value is -0.990. The minimum Gasteiger partial charge on any atom is -0.352 e. The van der Waals surface area contributed by atoms with E-state index in [1.165, 1.54) is 17.8 Å². The van der Waals surface area contributed by atoms with Gasteiger partial charge in [-0.25, -0.2) is 0 Å². The molecule has 0 aromatic rings. The van der Waals surface area contributed by atoms with Crippen LogP contribution in [0.4, 0.5) is 0 Å². The van der Waals surface area contributed by atoms with Crippen molar-refractivity contribution in [3.05, 3.63) is 12.7 Å². The Balaban J connectivity index is 3.61. The van der Waals surface area contributed by atoms with Gasteiger partial charge < -0.3 is 9.80 Å². The van der Waals surface area contributed by atoms with Crippen molar-refractivity contribution in [3.63, 3.8) is 0 Å².